The SMILES string of the molecule is COc1ccc2nc(C(F)(F)F)cc(-c3ccc4ccccc4c3)c2c1. The van der Waals surface area contributed by atoms with E-state index in [0.717, 1.165) is 16.8 Å². The van der Waals surface area contributed by atoms with Crippen LogP contribution in [0.25, 0.3) is 32.8 Å². The van der Waals surface area contributed by atoms with Crippen LogP contribution >= 0.6 is 0 Å². The quantitative estimate of drug-likeness (QED) is 0.435. The molecule has 0 saturated heterocycles. The van der Waals surface area contributed by atoms with Crippen LogP contribution in [0.3, 0.4) is 0 Å². The first-order valence-electron chi connectivity index (χ1n) is 8.01. The lowest BCUT2D eigenvalue weighted by Crippen LogP contribution is -2.08. The van der Waals surface area contributed by atoms with Crippen molar-refractivity contribution in [3.05, 3.63) is 72.4 Å². The van der Waals surface area contributed by atoms with Crippen molar-refractivity contribution in [2.45, 2.75) is 6.18 Å². The molecule has 26 heavy (non-hydrogen) atoms. The summed E-state index contributed by atoms with van der Waals surface area (Å²) < 4.78 is 45.2. The average molecular weight is 353 g/mol. The monoisotopic (exact) mass is 353 g/mol. The van der Waals surface area contributed by atoms with E-state index >= 15 is 0 Å². The first kappa shape index (κ1) is 16.4. The van der Waals surface area contributed by atoms with E-state index in [-0.39, 0.29) is 5.52 Å². The number of rotatable bonds is 2. The normalized spacial score (nSPS) is 11.8. The number of halogens is 3. The van der Waals surface area contributed by atoms with Crippen molar-refractivity contribution in [2.24, 2.45) is 0 Å². The Morgan fingerprint density at radius 2 is 1.62 bits per heavy atom. The van der Waals surface area contributed by atoms with Crippen LogP contribution in [-0.2, 0) is 6.18 Å². The predicted molar refractivity (Wildman–Crippen MR) is 96.2 cm³/mol. The average Bonchev–Trinajstić information content (AvgIpc) is 2.65. The highest BCUT2D eigenvalue weighted by atomic mass is 19.4. The number of methoxy groups -OCH3 is 1. The zero-order chi connectivity index (χ0) is 18.3. The third kappa shape index (κ3) is 2.86. The number of fused-ring (bicyclic) bond motifs is 2. The molecule has 0 radical (unpaired) electrons. The highest BCUT2D eigenvalue weighted by Crippen LogP contribution is 2.37. The van der Waals surface area contributed by atoms with Crippen molar-refractivity contribution < 1.29 is 17.9 Å². The van der Waals surface area contributed by atoms with Crippen LogP contribution in [0.15, 0.2) is 66.7 Å². The van der Waals surface area contributed by atoms with Crippen molar-refractivity contribution in [3.63, 3.8) is 0 Å². The highest BCUT2D eigenvalue weighted by molar-refractivity contribution is 5.98. The molecule has 0 spiro atoms. The Morgan fingerprint density at radius 1 is 0.846 bits per heavy atom. The van der Waals surface area contributed by atoms with Gasteiger partial charge in [0.2, 0.25) is 0 Å². The van der Waals surface area contributed by atoms with E-state index in [9.17, 15) is 13.2 Å². The lowest BCUT2D eigenvalue weighted by atomic mass is 9.97. The predicted octanol–water partition coefficient (Wildman–Crippen LogP) is 6.08. The van der Waals surface area contributed by atoms with E-state index in [1.165, 1.54) is 7.11 Å². The van der Waals surface area contributed by atoms with Crippen LogP contribution in [0, 0.1) is 0 Å². The van der Waals surface area contributed by atoms with Crippen LogP contribution in [0.2, 0.25) is 0 Å². The molecule has 0 aliphatic carbocycles. The van der Waals surface area contributed by atoms with Gasteiger partial charge < -0.3 is 4.74 Å². The van der Waals surface area contributed by atoms with Crippen molar-refractivity contribution in [2.75, 3.05) is 7.11 Å². The topological polar surface area (TPSA) is 22.1 Å². The van der Waals surface area contributed by atoms with Crippen LogP contribution < -0.4 is 4.74 Å². The highest BCUT2D eigenvalue weighted by Gasteiger charge is 2.33. The van der Waals surface area contributed by atoms with Gasteiger partial charge in [0.1, 0.15) is 11.4 Å². The molecule has 0 fully saturated rings. The number of pyridine rings is 1. The molecule has 130 valence electrons. The fourth-order valence-electron chi connectivity index (χ4n) is 3.07. The number of ether oxygens (including phenoxy) is 1. The molecule has 0 atom stereocenters. The van der Waals surface area contributed by atoms with E-state index in [2.05, 4.69) is 4.98 Å². The van der Waals surface area contributed by atoms with E-state index in [0.29, 0.717) is 22.3 Å². The first-order chi connectivity index (χ1) is 12.5. The van der Waals surface area contributed by atoms with E-state index in [1.54, 1.807) is 18.2 Å². The molecule has 0 aliphatic heterocycles. The first-order valence-corrected chi connectivity index (χ1v) is 8.01. The van der Waals surface area contributed by atoms with Crippen LogP contribution in [-0.4, -0.2) is 12.1 Å². The molecule has 3 aromatic carbocycles. The second-order valence-electron chi connectivity index (χ2n) is 6.00. The Kier molecular flexibility index (Phi) is 3.80. The zero-order valence-electron chi connectivity index (χ0n) is 13.8. The molecule has 0 aliphatic rings. The Balaban J connectivity index is 2.03. The molecule has 1 aromatic heterocycles. The summed E-state index contributed by atoms with van der Waals surface area (Å²) in [4.78, 5) is 3.79. The maximum Gasteiger partial charge on any atom is 0.433 e. The van der Waals surface area contributed by atoms with E-state index < -0.39 is 11.9 Å². The summed E-state index contributed by atoms with van der Waals surface area (Å²) in [5.74, 6) is 0.570. The molecule has 5 heteroatoms. The molecule has 0 bridgehead atoms. The summed E-state index contributed by atoms with van der Waals surface area (Å²) in [7, 11) is 1.52. The number of hydrogen-bond acceptors (Lipinski definition) is 2. The summed E-state index contributed by atoms with van der Waals surface area (Å²) in [5.41, 5.74) is 0.559. The second kappa shape index (κ2) is 6.02. The summed E-state index contributed by atoms with van der Waals surface area (Å²) in [6.45, 7) is 0. The molecule has 0 N–H and O–H groups in total. The van der Waals surface area contributed by atoms with Crippen molar-refractivity contribution in [3.8, 4) is 16.9 Å². The van der Waals surface area contributed by atoms with Crippen LogP contribution in [0.5, 0.6) is 5.75 Å². The second-order valence-corrected chi connectivity index (χ2v) is 6.00. The third-order valence-electron chi connectivity index (χ3n) is 4.37. The van der Waals surface area contributed by atoms with E-state index in [4.69, 9.17) is 4.74 Å². The Hall–Kier alpha value is -3.08. The number of aromatic nitrogens is 1. The smallest absolute Gasteiger partial charge is 0.433 e. The summed E-state index contributed by atoms with van der Waals surface area (Å²) >= 11 is 0. The molecule has 0 saturated carbocycles. The van der Waals surface area contributed by atoms with Gasteiger partial charge in [0, 0.05) is 5.39 Å². The number of benzene rings is 3. The minimum Gasteiger partial charge on any atom is -0.497 e. The van der Waals surface area contributed by atoms with E-state index in [1.807, 2.05) is 42.5 Å². The molecule has 0 amide bonds. The molecule has 0 unspecified atom stereocenters. The number of hydrogen-bond donors (Lipinski definition) is 0. The zero-order valence-corrected chi connectivity index (χ0v) is 13.8. The Bertz CT molecular complexity index is 1120. The summed E-state index contributed by atoms with van der Waals surface area (Å²) in [5, 5.41) is 2.61. The fraction of sp³-hybridized carbons (Fsp3) is 0.0952. The van der Waals surface area contributed by atoms with Gasteiger partial charge in [0.05, 0.1) is 12.6 Å². The summed E-state index contributed by atoms with van der Waals surface area (Å²) in [6.07, 6.45) is -4.51. The minimum atomic E-state index is -4.51. The Morgan fingerprint density at radius 3 is 2.35 bits per heavy atom. The van der Waals surface area contributed by atoms with Gasteiger partial charge in [-0.2, -0.15) is 13.2 Å². The van der Waals surface area contributed by atoms with Crippen LogP contribution in [0.4, 0.5) is 13.2 Å². The summed E-state index contributed by atoms with van der Waals surface area (Å²) in [6, 6.07) is 19.3. The molecule has 1 heterocycles. The lowest BCUT2D eigenvalue weighted by Gasteiger charge is -2.13. The molecule has 2 nitrogen and oxygen atoms in total. The number of nitrogens with zero attached hydrogens (tertiary/aromatic N) is 1. The molecule has 4 rings (SSSR count). The molecule has 4 aromatic rings. The van der Waals surface area contributed by atoms with Crippen LogP contribution in [0.1, 0.15) is 5.69 Å². The van der Waals surface area contributed by atoms with Gasteiger partial charge in [-0.1, -0.05) is 36.4 Å². The fourth-order valence-corrected chi connectivity index (χ4v) is 3.07. The van der Waals surface area contributed by atoms with Gasteiger partial charge in [-0.05, 0) is 52.2 Å². The standard InChI is InChI=1S/C21H14F3NO/c1-26-16-8-9-19-18(11-16)17(12-20(25-19)21(22,23)24)15-7-6-13-4-2-3-5-14(13)10-15/h2-12H,1H3. The van der Waals surface area contributed by atoms with Crippen molar-refractivity contribution in [1.29, 1.82) is 0 Å². The van der Waals surface area contributed by atoms with Gasteiger partial charge in [-0.3, -0.25) is 0 Å². The largest absolute Gasteiger partial charge is 0.497 e. The van der Waals surface area contributed by atoms with Gasteiger partial charge in [-0.15, -0.1) is 0 Å². The lowest BCUT2D eigenvalue weighted by molar-refractivity contribution is -0.140. The minimum absolute atomic E-state index is 0.281. The molecular formula is C21H14F3NO. The van der Waals surface area contributed by atoms with Gasteiger partial charge in [0.25, 0.3) is 0 Å². The van der Waals surface area contributed by atoms with Crippen molar-refractivity contribution in [1.82, 2.24) is 4.98 Å². The Labute approximate surface area is 147 Å². The maximum absolute atomic E-state index is 13.3. The third-order valence-corrected chi connectivity index (χ3v) is 4.37. The molecular weight excluding hydrogens is 339 g/mol. The van der Waals surface area contributed by atoms with Gasteiger partial charge >= 0.3 is 6.18 Å². The maximum atomic E-state index is 13.3. The number of alkyl halides is 3. The van der Waals surface area contributed by atoms with Gasteiger partial charge in [-0.25, -0.2) is 4.98 Å². The van der Waals surface area contributed by atoms with Gasteiger partial charge in [0.15, 0.2) is 0 Å². The van der Waals surface area contributed by atoms with Crippen molar-refractivity contribution >= 4 is 21.7 Å².